The van der Waals surface area contributed by atoms with Crippen LogP contribution in [0.5, 0.6) is 0 Å². The molecule has 14 heavy (non-hydrogen) atoms. The van der Waals surface area contributed by atoms with Crippen LogP contribution in [0.1, 0.15) is 17.4 Å². The average molecular weight is 222 g/mol. The van der Waals surface area contributed by atoms with Gasteiger partial charge in [-0.25, -0.2) is 0 Å². The maximum absolute atomic E-state index is 8.81. The highest BCUT2D eigenvalue weighted by Gasteiger charge is 2.07. The fourth-order valence-corrected chi connectivity index (χ4v) is 2.72. The number of benzene rings is 1. The van der Waals surface area contributed by atoms with Gasteiger partial charge in [-0.05, 0) is 24.6 Å². The van der Waals surface area contributed by atoms with Crippen molar-refractivity contribution in [2.45, 2.75) is 13.3 Å². The van der Waals surface area contributed by atoms with E-state index in [1.54, 1.807) is 17.4 Å². The number of nitriles is 1. The zero-order valence-electron chi connectivity index (χ0n) is 7.67. The van der Waals surface area contributed by atoms with Gasteiger partial charge in [0, 0.05) is 15.0 Å². The Bertz CT molecular complexity index is 522. The van der Waals surface area contributed by atoms with Crippen LogP contribution in [0.4, 0.5) is 0 Å². The maximum atomic E-state index is 8.81. The van der Waals surface area contributed by atoms with Crippen LogP contribution in [0.2, 0.25) is 5.02 Å². The van der Waals surface area contributed by atoms with Crippen LogP contribution >= 0.6 is 22.9 Å². The van der Waals surface area contributed by atoms with Crippen LogP contribution in [-0.2, 0) is 6.42 Å². The summed E-state index contributed by atoms with van der Waals surface area (Å²) in [5.41, 5.74) is 0.555. The van der Waals surface area contributed by atoms with E-state index in [9.17, 15) is 0 Å². The van der Waals surface area contributed by atoms with Crippen molar-refractivity contribution in [2.75, 3.05) is 0 Å². The highest BCUT2D eigenvalue weighted by Crippen LogP contribution is 2.33. The average Bonchev–Trinajstić information content (AvgIpc) is 2.62. The molecule has 3 heteroatoms. The Morgan fingerprint density at radius 1 is 1.50 bits per heavy atom. The fourth-order valence-electron chi connectivity index (χ4n) is 1.39. The Balaban J connectivity index is 2.76. The molecule has 0 fully saturated rings. The van der Waals surface area contributed by atoms with Gasteiger partial charge in [0.2, 0.25) is 0 Å². The van der Waals surface area contributed by atoms with Crippen molar-refractivity contribution in [2.24, 2.45) is 0 Å². The van der Waals surface area contributed by atoms with E-state index < -0.39 is 0 Å². The van der Waals surface area contributed by atoms with E-state index in [-0.39, 0.29) is 0 Å². The molecule has 1 nitrogen and oxygen atoms in total. The zero-order valence-corrected chi connectivity index (χ0v) is 9.25. The zero-order chi connectivity index (χ0) is 10.1. The van der Waals surface area contributed by atoms with E-state index in [2.05, 4.69) is 19.1 Å². The van der Waals surface area contributed by atoms with E-state index in [0.29, 0.717) is 10.6 Å². The lowest BCUT2D eigenvalue weighted by atomic mass is 10.2. The Kier molecular flexibility index (Phi) is 2.45. The molecular formula is C11H8ClNS. The van der Waals surface area contributed by atoms with Gasteiger partial charge in [0.25, 0.3) is 0 Å². The van der Waals surface area contributed by atoms with E-state index in [1.807, 2.05) is 6.07 Å². The van der Waals surface area contributed by atoms with Gasteiger partial charge in [-0.1, -0.05) is 18.5 Å². The number of rotatable bonds is 1. The summed E-state index contributed by atoms with van der Waals surface area (Å²) in [6, 6.07) is 7.90. The lowest BCUT2D eigenvalue weighted by molar-refractivity contribution is 1.19. The van der Waals surface area contributed by atoms with Crippen LogP contribution < -0.4 is 0 Å². The van der Waals surface area contributed by atoms with Crippen molar-refractivity contribution in [3.8, 4) is 6.07 Å². The molecular weight excluding hydrogens is 214 g/mol. The topological polar surface area (TPSA) is 23.8 Å². The van der Waals surface area contributed by atoms with Crippen molar-refractivity contribution in [1.82, 2.24) is 0 Å². The molecule has 0 radical (unpaired) electrons. The molecule has 0 bridgehead atoms. The second-order valence-electron chi connectivity index (χ2n) is 3.02. The van der Waals surface area contributed by atoms with Gasteiger partial charge in [0.1, 0.15) is 6.07 Å². The third kappa shape index (κ3) is 1.39. The van der Waals surface area contributed by atoms with Gasteiger partial charge in [-0.2, -0.15) is 5.26 Å². The number of thiophene rings is 1. The molecule has 70 valence electrons. The summed E-state index contributed by atoms with van der Waals surface area (Å²) >= 11 is 7.83. The van der Waals surface area contributed by atoms with Gasteiger partial charge in [-0.3, -0.25) is 0 Å². The van der Waals surface area contributed by atoms with Crippen molar-refractivity contribution in [1.29, 1.82) is 5.26 Å². The molecule has 0 aliphatic carbocycles. The summed E-state index contributed by atoms with van der Waals surface area (Å²) < 4.78 is 1.16. The molecule has 1 heterocycles. The fraction of sp³-hybridized carbons (Fsp3) is 0.182. The minimum atomic E-state index is 0.555. The lowest BCUT2D eigenvalue weighted by Crippen LogP contribution is -1.75. The monoisotopic (exact) mass is 221 g/mol. The molecule has 0 saturated carbocycles. The number of aryl methyl sites for hydroxylation is 1. The van der Waals surface area contributed by atoms with Gasteiger partial charge in [0.15, 0.2) is 0 Å². The van der Waals surface area contributed by atoms with Gasteiger partial charge in [0.05, 0.1) is 10.6 Å². The summed E-state index contributed by atoms with van der Waals surface area (Å²) in [6.07, 6.45) is 1.01. The SMILES string of the molecule is CCc1cc2c(Cl)c(C#N)ccc2s1. The highest BCUT2D eigenvalue weighted by molar-refractivity contribution is 7.19. The van der Waals surface area contributed by atoms with E-state index in [4.69, 9.17) is 16.9 Å². The van der Waals surface area contributed by atoms with Crippen molar-refractivity contribution >= 4 is 33.0 Å². The van der Waals surface area contributed by atoms with Crippen LogP contribution in [-0.4, -0.2) is 0 Å². The summed E-state index contributed by atoms with van der Waals surface area (Å²) in [7, 11) is 0. The van der Waals surface area contributed by atoms with Crippen molar-refractivity contribution < 1.29 is 0 Å². The quantitative estimate of drug-likeness (QED) is 0.715. The predicted octanol–water partition coefficient (Wildman–Crippen LogP) is 3.99. The molecule has 0 N–H and O–H groups in total. The molecule has 0 aliphatic heterocycles. The Morgan fingerprint density at radius 2 is 2.29 bits per heavy atom. The Labute approximate surface area is 91.5 Å². The second-order valence-corrected chi connectivity index (χ2v) is 4.56. The molecule has 1 aromatic heterocycles. The summed E-state index contributed by atoms with van der Waals surface area (Å²) in [5, 5.41) is 10.4. The smallest absolute Gasteiger partial charge is 0.101 e. The van der Waals surface area contributed by atoms with Crippen molar-refractivity contribution in [3.05, 3.63) is 33.7 Å². The van der Waals surface area contributed by atoms with Gasteiger partial charge >= 0.3 is 0 Å². The molecule has 0 aliphatic rings. The highest BCUT2D eigenvalue weighted by atomic mass is 35.5. The molecule has 0 spiro atoms. The van der Waals surface area contributed by atoms with Crippen molar-refractivity contribution in [3.63, 3.8) is 0 Å². The number of nitrogens with zero attached hydrogens (tertiary/aromatic N) is 1. The lowest BCUT2D eigenvalue weighted by Gasteiger charge is -1.94. The Hall–Kier alpha value is -1.04. The Morgan fingerprint density at radius 3 is 2.93 bits per heavy atom. The summed E-state index contributed by atoms with van der Waals surface area (Å²) in [5.74, 6) is 0. The number of hydrogen-bond donors (Lipinski definition) is 0. The first-order valence-corrected chi connectivity index (χ1v) is 5.56. The van der Waals surface area contributed by atoms with Crippen LogP contribution in [0.3, 0.4) is 0 Å². The van der Waals surface area contributed by atoms with Crippen LogP contribution in [0, 0.1) is 11.3 Å². The van der Waals surface area contributed by atoms with E-state index >= 15 is 0 Å². The molecule has 0 amide bonds. The number of hydrogen-bond acceptors (Lipinski definition) is 2. The molecule has 2 rings (SSSR count). The summed E-state index contributed by atoms with van der Waals surface area (Å²) in [4.78, 5) is 1.30. The molecule has 2 aromatic rings. The third-order valence-electron chi connectivity index (χ3n) is 2.16. The molecule has 0 unspecified atom stereocenters. The van der Waals surface area contributed by atoms with Crippen LogP contribution in [0.15, 0.2) is 18.2 Å². The third-order valence-corrected chi connectivity index (χ3v) is 3.81. The predicted molar refractivity (Wildman–Crippen MR) is 60.9 cm³/mol. The standard InChI is InChI=1S/C11H8ClNS/c1-2-8-5-9-10(14-8)4-3-7(6-13)11(9)12/h3-5H,2H2,1H3. The minimum absolute atomic E-state index is 0.555. The second kappa shape index (κ2) is 3.61. The molecule has 0 atom stereocenters. The van der Waals surface area contributed by atoms with Gasteiger partial charge < -0.3 is 0 Å². The summed E-state index contributed by atoms with van der Waals surface area (Å²) in [6.45, 7) is 2.11. The first-order valence-electron chi connectivity index (χ1n) is 4.37. The normalized spacial score (nSPS) is 10.4. The first kappa shape index (κ1) is 9.51. The number of fused-ring (bicyclic) bond motifs is 1. The maximum Gasteiger partial charge on any atom is 0.101 e. The largest absolute Gasteiger partial charge is 0.192 e. The van der Waals surface area contributed by atoms with Crippen LogP contribution in [0.25, 0.3) is 10.1 Å². The van der Waals surface area contributed by atoms with Gasteiger partial charge in [-0.15, -0.1) is 11.3 Å². The minimum Gasteiger partial charge on any atom is -0.192 e. The van der Waals surface area contributed by atoms with E-state index in [1.165, 1.54) is 4.88 Å². The number of halogens is 1. The molecule has 1 aromatic carbocycles. The molecule has 0 saturated heterocycles. The van der Waals surface area contributed by atoms with E-state index in [0.717, 1.165) is 16.5 Å². The first-order chi connectivity index (χ1) is 6.76.